The summed E-state index contributed by atoms with van der Waals surface area (Å²) < 4.78 is 27.2. The van der Waals surface area contributed by atoms with Gasteiger partial charge in [0.05, 0.1) is 10.4 Å². The van der Waals surface area contributed by atoms with E-state index in [4.69, 9.17) is 17.3 Å². The van der Waals surface area contributed by atoms with Gasteiger partial charge in [-0.2, -0.15) is 0 Å². The van der Waals surface area contributed by atoms with Gasteiger partial charge in [0.25, 0.3) is 0 Å². The van der Waals surface area contributed by atoms with Crippen LogP contribution in [0.1, 0.15) is 16.0 Å². The normalized spacial score (nSPS) is 11.8. The third kappa shape index (κ3) is 3.36. The highest BCUT2D eigenvalue weighted by molar-refractivity contribution is 7.89. The number of sulfonamides is 1. The van der Waals surface area contributed by atoms with E-state index >= 15 is 0 Å². The molecule has 0 saturated carbocycles. The summed E-state index contributed by atoms with van der Waals surface area (Å²) in [6.07, 6.45) is 1.63. The Morgan fingerprint density at radius 2 is 2.20 bits per heavy atom. The Kier molecular flexibility index (Phi) is 4.77. The summed E-state index contributed by atoms with van der Waals surface area (Å²) in [7, 11) is -3.63. The van der Waals surface area contributed by atoms with Crippen LogP contribution in [-0.4, -0.2) is 13.4 Å². The van der Waals surface area contributed by atoms with Crippen LogP contribution in [0.4, 0.5) is 0 Å². The molecule has 0 aliphatic heterocycles. The fourth-order valence-corrected chi connectivity index (χ4v) is 4.02. The summed E-state index contributed by atoms with van der Waals surface area (Å²) in [5, 5.41) is 0.356. The highest BCUT2D eigenvalue weighted by atomic mass is 35.5. The predicted octanol–water partition coefficient (Wildman–Crippen LogP) is 2.04. The zero-order valence-corrected chi connectivity index (χ0v) is 13.1. The number of hydrogen-bond donors (Lipinski definition) is 2. The lowest BCUT2D eigenvalue weighted by Crippen LogP contribution is -2.24. The lowest BCUT2D eigenvalue weighted by molar-refractivity contribution is 0.581. The first-order valence-electron chi connectivity index (χ1n) is 5.80. The van der Waals surface area contributed by atoms with Crippen molar-refractivity contribution < 1.29 is 8.42 Å². The van der Waals surface area contributed by atoms with E-state index in [2.05, 4.69) is 9.71 Å². The van der Waals surface area contributed by atoms with E-state index in [-0.39, 0.29) is 18.0 Å². The lowest BCUT2D eigenvalue weighted by atomic mass is 10.1. The maximum atomic E-state index is 12.3. The summed E-state index contributed by atoms with van der Waals surface area (Å²) in [4.78, 5) is 4.90. The molecule has 1 aromatic heterocycles. The Morgan fingerprint density at radius 3 is 2.80 bits per heavy atom. The van der Waals surface area contributed by atoms with E-state index < -0.39 is 10.0 Å². The van der Waals surface area contributed by atoms with Crippen molar-refractivity contribution >= 4 is 33.0 Å². The van der Waals surface area contributed by atoms with Crippen molar-refractivity contribution in [3.8, 4) is 0 Å². The molecule has 108 valence electrons. The van der Waals surface area contributed by atoms with Gasteiger partial charge in [-0.25, -0.2) is 13.1 Å². The molecule has 0 aliphatic carbocycles. The van der Waals surface area contributed by atoms with Crippen molar-refractivity contribution in [1.82, 2.24) is 9.71 Å². The number of aromatic nitrogens is 1. The third-order valence-corrected chi connectivity index (χ3v) is 5.39. The van der Waals surface area contributed by atoms with Gasteiger partial charge in [-0.15, -0.1) is 11.3 Å². The molecule has 0 amide bonds. The largest absolute Gasteiger partial charge is 0.326 e. The molecule has 20 heavy (non-hydrogen) atoms. The molecule has 3 N–H and O–H groups in total. The number of halogens is 1. The average Bonchev–Trinajstić information content (AvgIpc) is 2.92. The van der Waals surface area contributed by atoms with E-state index in [1.54, 1.807) is 24.7 Å². The summed E-state index contributed by atoms with van der Waals surface area (Å²) in [6, 6.07) is 3.12. The van der Waals surface area contributed by atoms with E-state index in [1.165, 1.54) is 17.4 Å². The summed E-state index contributed by atoms with van der Waals surface area (Å²) in [5.74, 6) is 0. The topological polar surface area (TPSA) is 85.1 Å². The smallest absolute Gasteiger partial charge is 0.241 e. The number of nitrogens with two attached hydrogens (primary N) is 1. The number of hydrogen-bond acceptors (Lipinski definition) is 5. The van der Waals surface area contributed by atoms with Crippen LogP contribution in [0.25, 0.3) is 0 Å². The van der Waals surface area contributed by atoms with Gasteiger partial charge in [-0.3, -0.25) is 4.98 Å². The van der Waals surface area contributed by atoms with Gasteiger partial charge in [0.2, 0.25) is 10.0 Å². The SMILES string of the molecule is Cc1c(CN)cc(Cl)cc1S(=O)(=O)NCc1cncs1. The monoisotopic (exact) mass is 331 g/mol. The van der Waals surface area contributed by atoms with Gasteiger partial charge in [-0.1, -0.05) is 11.6 Å². The molecular formula is C12H14ClN3O2S2. The Morgan fingerprint density at radius 1 is 1.45 bits per heavy atom. The Hall–Kier alpha value is -0.990. The van der Waals surface area contributed by atoms with Crippen molar-refractivity contribution in [2.45, 2.75) is 24.9 Å². The van der Waals surface area contributed by atoms with Crippen molar-refractivity contribution in [1.29, 1.82) is 0 Å². The van der Waals surface area contributed by atoms with Gasteiger partial charge >= 0.3 is 0 Å². The summed E-state index contributed by atoms with van der Waals surface area (Å²) in [6.45, 7) is 2.17. The van der Waals surface area contributed by atoms with E-state index in [0.29, 0.717) is 10.6 Å². The number of thiazole rings is 1. The van der Waals surface area contributed by atoms with Crippen LogP contribution < -0.4 is 10.5 Å². The van der Waals surface area contributed by atoms with Crippen LogP contribution >= 0.6 is 22.9 Å². The van der Waals surface area contributed by atoms with Crippen LogP contribution in [0, 0.1) is 6.92 Å². The molecule has 0 aliphatic rings. The van der Waals surface area contributed by atoms with Crippen LogP contribution in [0.3, 0.4) is 0 Å². The number of nitrogens with one attached hydrogen (secondary N) is 1. The quantitative estimate of drug-likeness (QED) is 0.878. The van der Waals surface area contributed by atoms with Crippen LogP contribution in [-0.2, 0) is 23.1 Å². The first kappa shape index (κ1) is 15.4. The fraction of sp³-hybridized carbons (Fsp3) is 0.250. The lowest BCUT2D eigenvalue weighted by Gasteiger charge is -2.12. The molecule has 2 aromatic rings. The van der Waals surface area contributed by atoms with Crippen LogP contribution in [0.2, 0.25) is 5.02 Å². The summed E-state index contributed by atoms with van der Waals surface area (Å²) >= 11 is 7.34. The minimum atomic E-state index is -3.63. The van der Waals surface area contributed by atoms with E-state index in [0.717, 1.165) is 10.4 Å². The van der Waals surface area contributed by atoms with Crippen molar-refractivity contribution in [2.24, 2.45) is 5.73 Å². The zero-order valence-electron chi connectivity index (χ0n) is 10.8. The van der Waals surface area contributed by atoms with Gasteiger partial charge in [0.1, 0.15) is 0 Å². The second-order valence-corrected chi connectivity index (χ2v) is 7.33. The summed E-state index contributed by atoms with van der Waals surface area (Å²) in [5.41, 5.74) is 8.59. The highest BCUT2D eigenvalue weighted by Gasteiger charge is 2.19. The van der Waals surface area contributed by atoms with Gasteiger partial charge in [0.15, 0.2) is 0 Å². The molecule has 0 radical (unpaired) electrons. The molecule has 0 bridgehead atoms. The fourth-order valence-electron chi connectivity index (χ4n) is 1.77. The van der Waals surface area contributed by atoms with Crippen molar-refractivity contribution in [3.63, 3.8) is 0 Å². The third-order valence-electron chi connectivity index (χ3n) is 2.86. The minimum absolute atomic E-state index is 0.162. The standard InChI is InChI=1S/C12H14ClN3O2S2/c1-8-9(4-14)2-10(13)3-12(8)20(17,18)16-6-11-5-15-7-19-11/h2-3,5,7,16H,4,6,14H2,1H3. The van der Waals surface area contributed by atoms with Crippen LogP contribution in [0.15, 0.2) is 28.7 Å². The van der Waals surface area contributed by atoms with Gasteiger partial charge < -0.3 is 5.73 Å². The molecule has 0 saturated heterocycles. The number of benzene rings is 1. The van der Waals surface area contributed by atoms with Crippen molar-refractivity contribution in [3.05, 3.63) is 44.9 Å². The zero-order chi connectivity index (χ0) is 14.8. The molecule has 1 heterocycles. The number of nitrogens with zero attached hydrogens (tertiary/aromatic N) is 1. The molecular weight excluding hydrogens is 318 g/mol. The second-order valence-electron chi connectivity index (χ2n) is 4.18. The molecule has 5 nitrogen and oxygen atoms in total. The Bertz CT molecular complexity index is 700. The first-order chi connectivity index (χ1) is 9.44. The van der Waals surface area contributed by atoms with E-state index in [9.17, 15) is 8.42 Å². The minimum Gasteiger partial charge on any atom is -0.326 e. The molecule has 8 heteroatoms. The first-order valence-corrected chi connectivity index (χ1v) is 8.54. The molecule has 2 rings (SSSR count). The average molecular weight is 332 g/mol. The predicted molar refractivity (Wildman–Crippen MR) is 80.2 cm³/mol. The van der Waals surface area contributed by atoms with Gasteiger partial charge in [0, 0.05) is 29.2 Å². The van der Waals surface area contributed by atoms with Crippen LogP contribution in [0.5, 0.6) is 0 Å². The second kappa shape index (κ2) is 6.19. The highest BCUT2D eigenvalue weighted by Crippen LogP contribution is 2.24. The molecule has 1 aromatic carbocycles. The molecule has 0 spiro atoms. The molecule has 0 fully saturated rings. The van der Waals surface area contributed by atoms with Gasteiger partial charge in [-0.05, 0) is 30.2 Å². The maximum Gasteiger partial charge on any atom is 0.241 e. The molecule has 0 unspecified atom stereocenters. The van der Waals surface area contributed by atoms with E-state index in [1.807, 2.05) is 0 Å². The van der Waals surface area contributed by atoms with Crippen molar-refractivity contribution in [2.75, 3.05) is 0 Å². The number of rotatable bonds is 5. The Balaban J connectivity index is 2.31. The Labute approximate surface area is 126 Å². The molecule has 0 atom stereocenters. The maximum absolute atomic E-state index is 12.3.